The highest BCUT2D eigenvalue weighted by atomic mass is 16.5. The number of hydrogen-bond acceptors (Lipinski definition) is 3. The number of likely N-dealkylation sites (tertiary alicyclic amines) is 2. The molecule has 0 N–H and O–H groups in total. The van der Waals surface area contributed by atoms with Crippen LogP contribution in [-0.4, -0.2) is 61.1 Å². The molecule has 4 nitrogen and oxygen atoms in total. The zero-order valence-electron chi connectivity index (χ0n) is 12.9. The largest absolute Gasteiger partial charge is 0.381 e. The fourth-order valence-electron chi connectivity index (χ4n) is 3.94. The predicted octanol–water partition coefficient (Wildman–Crippen LogP) is 1.75. The summed E-state index contributed by atoms with van der Waals surface area (Å²) in [5.74, 6) is 1.44. The van der Waals surface area contributed by atoms with E-state index < -0.39 is 0 Å². The summed E-state index contributed by atoms with van der Waals surface area (Å²) in [6.45, 7) is 6.80. The fraction of sp³-hybridized carbons (Fsp3) is 0.938. The molecule has 0 aromatic rings. The van der Waals surface area contributed by atoms with E-state index in [2.05, 4.69) is 23.8 Å². The SMILES string of the molecule is CCOC[C@@H]1CCN(C)C2(C1)CN(C(=O)C1CCC1)C2. The number of amides is 1. The van der Waals surface area contributed by atoms with Gasteiger partial charge in [0.2, 0.25) is 5.91 Å². The average molecular weight is 280 g/mol. The summed E-state index contributed by atoms with van der Waals surface area (Å²) in [5, 5.41) is 0. The molecule has 0 aromatic carbocycles. The number of carbonyl (C=O) groups is 1. The molecule has 0 unspecified atom stereocenters. The van der Waals surface area contributed by atoms with Gasteiger partial charge in [0.25, 0.3) is 0 Å². The van der Waals surface area contributed by atoms with Gasteiger partial charge in [0, 0.05) is 32.2 Å². The molecule has 20 heavy (non-hydrogen) atoms. The minimum Gasteiger partial charge on any atom is -0.381 e. The Morgan fingerprint density at radius 2 is 2.05 bits per heavy atom. The molecular weight excluding hydrogens is 252 g/mol. The summed E-state index contributed by atoms with van der Waals surface area (Å²) in [5.41, 5.74) is 0.249. The van der Waals surface area contributed by atoms with E-state index in [-0.39, 0.29) is 5.54 Å². The first-order chi connectivity index (χ1) is 9.64. The van der Waals surface area contributed by atoms with Crippen molar-refractivity contribution in [3.05, 3.63) is 0 Å². The van der Waals surface area contributed by atoms with Crippen LogP contribution in [0.4, 0.5) is 0 Å². The number of nitrogens with zero attached hydrogens (tertiary/aromatic N) is 2. The number of piperidine rings is 1. The molecule has 1 saturated carbocycles. The lowest BCUT2D eigenvalue weighted by atomic mass is 9.74. The standard InChI is InChI=1S/C16H28N2O2/c1-3-20-10-13-7-8-17(2)16(9-13)11-18(12-16)15(19)14-5-4-6-14/h13-14H,3-12H2,1-2H3/t13-/m1/s1. The van der Waals surface area contributed by atoms with Crippen LogP contribution in [0.5, 0.6) is 0 Å². The van der Waals surface area contributed by atoms with Crippen LogP contribution in [0.1, 0.15) is 39.0 Å². The number of carbonyl (C=O) groups excluding carboxylic acids is 1. The number of likely N-dealkylation sites (N-methyl/N-ethyl adjacent to an activating group) is 1. The molecule has 2 heterocycles. The van der Waals surface area contributed by atoms with Crippen molar-refractivity contribution >= 4 is 5.91 Å². The van der Waals surface area contributed by atoms with Gasteiger partial charge >= 0.3 is 0 Å². The minimum absolute atomic E-state index is 0.249. The molecule has 0 bridgehead atoms. The maximum atomic E-state index is 12.3. The van der Waals surface area contributed by atoms with Crippen molar-refractivity contribution in [1.29, 1.82) is 0 Å². The van der Waals surface area contributed by atoms with Crippen LogP contribution >= 0.6 is 0 Å². The monoisotopic (exact) mass is 280 g/mol. The van der Waals surface area contributed by atoms with E-state index in [1.807, 2.05) is 0 Å². The van der Waals surface area contributed by atoms with Crippen molar-refractivity contribution in [1.82, 2.24) is 9.80 Å². The molecule has 114 valence electrons. The van der Waals surface area contributed by atoms with E-state index in [9.17, 15) is 4.79 Å². The average Bonchev–Trinajstić information content (AvgIpc) is 2.33. The second-order valence-electron chi connectivity index (χ2n) is 6.99. The lowest BCUT2D eigenvalue weighted by Gasteiger charge is -2.59. The molecule has 1 atom stereocenters. The zero-order chi connectivity index (χ0) is 14.2. The van der Waals surface area contributed by atoms with Gasteiger partial charge in [-0.15, -0.1) is 0 Å². The molecule has 2 aliphatic heterocycles. The Labute approximate surface area is 122 Å². The van der Waals surface area contributed by atoms with Crippen molar-refractivity contribution in [2.45, 2.75) is 44.6 Å². The first-order valence-electron chi connectivity index (χ1n) is 8.22. The van der Waals surface area contributed by atoms with Crippen LogP contribution < -0.4 is 0 Å². The fourth-order valence-corrected chi connectivity index (χ4v) is 3.94. The summed E-state index contributed by atoms with van der Waals surface area (Å²) in [4.78, 5) is 16.9. The Balaban J connectivity index is 1.54. The van der Waals surface area contributed by atoms with Crippen molar-refractivity contribution in [3.8, 4) is 0 Å². The van der Waals surface area contributed by atoms with Gasteiger partial charge in [-0.2, -0.15) is 0 Å². The Bertz CT molecular complexity index is 359. The molecule has 0 radical (unpaired) electrons. The molecule has 1 amide bonds. The van der Waals surface area contributed by atoms with Gasteiger partial charge in [-0.1, -0.05) is 6.42 Å². The molecule has 3 fully saturated rings. The molecule has 0 aromatic heterocycles. The smallest absolute Gasteiger partial charge is 0.225 e. The first kappa shape index (κ1) is 14.3. The summed E-state index contributed by atoms with van der Waals surface area (Å²) < 4.78 is 5.61. The van der Waals surface area contributed by atoms with Gasteiger partial charge in [-0.3, -0.25) is 9.69 Å². The van der Waals surface area contributed by atoms with Gasteiger partial charge < -0.3 is 9.64 Å². The van der Waals surface area contributed by atoms with Gasteiger partial charge in [-0.25, -0.2) is 0 Å². The second kappa shape index (κ2) is 5.64. The Morgan fingerprint density at radius 3 is 2.65 bits per heavy atom. The maximum absolute atomic E-state index is 12.3. The van der Waals surface area contributed by atoms with Gasteiger partial charge in [0.1, 0.15) is 0 Å². The highest BCUT2D eigenvalue weighted by molar-refractivity contribution is 5.80. The Hall–Kier alpha value is -0.610. The van der Waals surface area contributed by atoms with E-state index in [4.69, 9.17) is 4.74 Å². The second-order valence-corrected chi connectivity index (χ2v) is 6.99. The predicted molar refractivity (Wildman–Crippen MR) is 78.5 cm³/mol. The molecule has 3 rings (SSSR count). The van der Waals surface area contributed by atoms with Crippen LogP contribution in [0.2, 0.25) is 0 Å². The van der Waals surface area contributed by atoms with E-state index in [1.165, 1.54) is 19.3 Å². The third-order valence-corrected chi connectivity index (χ3v) is 5.65. The van der Waals surface area contributed by atoms with Crippen molar-refractivity contribution in [2.24, 2.45) is 11.8 Å². The van der Waals surface area contributed by atoms with E-state index in [0.717, 1.165) is 45.7 Å². The maximum Gasteiger partial charge on any atom is 0.225 e. The Morgan fingerprint density at radius 1 is 1.30 bits per heavy atom. The molecule has 1 aliphatic carbocycles. The highest BCUT2D eigenvalue weighted by Gasteiger charge is 2.51. The third-order valence-electron chi connectivity index (χ3n) is 5.65. The van der Waals surface area contributed by atoms with Crippen molar-refractivity contribution in [3.63, 3.8) is 0 Å². The van der Waals surface area contributed by atoms with Crippen LogP contribution in [0.15, 0.2) is 0 Å². The molecule has 3 aliphatic rings. The van der Waals surface area contributed by atoms with E-state index >= 15 is 0 Å². The molecule has 2 saturated heterocycles. The van der Waals surface area contributed by atoms with Crippen molar-refractivity contribution < 1.29 is 9.53 Å². The minimum atomic E-state index is 0.249. The summed E-state index contributed by atoms with van der Waals surface area (Å²) in [7, 11) is 2.22. The lowest BCUT2D eigenvalue weighted by molar-refractivity contribution is -0.157. The number of ether oxygens (including phenoxy) is 1. The molecule has 1 spiro atoms. The van der Waals surface area contributed by atoms with E-state index in [0.29, 0.717) is 17.7 Å². The van der Waals surface area contributed by atoms with E-state index in [1.54, 1.807) is 0 Å². The number of rotatable bonds is 4. The van der Waals surface area contributed by atoms with Crippen molar-refractivity contribution in [2.75, 3.05) is 39.9 Å². The van der Waals surface area contributed by atoms with Crippen LogP contribution in [0, 0.1) is 11.8 Å². The topological polar surface area (TPSA) is 32.8 Å². The molecule has 4 heteroatoms. The van der Waals surface area contributed by atoms with Gasteiger partial charge in [0.15, 0.2) is 0 Å². The van der Waals surface area contributed by atoms with Gasteiger partial charge in [0.05, 0.1) is 5.54 Å². The zero-order valence-corrected chi connectivity index (χ0v) is 12.9. The highest BCUT2D eigenvalue weighted by Crippen LogP contribution is 2.40. The molecular formula is C16H28N2O2. The number of hydrogen-bond donors (Lipinski definition) is 0. The normalized spacial score (nSPS) is 30.1. The van der Waals surface area contributed by atoms with Crippen LogP contribution in [-0.2, 0) is 9.53 Å². The summed E-state index contributed by atoms with van der Waals surface area (Å²) in [6, 6.07) is 0. The summed E-state index contributed by atoms with van der Waals surface area (Å²) >= 11 is 0. The van der Waals surface area contributed by atoms with Gasteiger partial charge in [-0.05, 0) is 52.1 Å². The lowest BCUT2D eigenvalue weighted by Crippen LogP contribution is -2.73. The summed E-state index contributed by atoms with van der Waals surface area (Å²) in [6.07, 6.45) is 5.90. The van der Waals surface area contributed by atoms with Crippen LogP contribution in [0.25, 0.3) is 0 Å². The van der Waals surface area contributed by atoms with Crippen LogP contribution in [0.3, 0.4) is 0 Å². The quantitative estimate of drug-likeness (QED) is 0.786. The first-order valence-corrected chi connectivity index (χ1v) is 8.22. The third kappa shape index (κ3) is 2.48. The Kier molecular flexibility index (Phi) is 4.04.